The van der Waals surface area contributed by atoms with Crippen molar-refractivity contribution in [2.24, 2.45) is 0 Å². The van der Waals surface area contributed by atoms with Gasteiger partial charge < -0.3 is 20.3 Å². The Morgan fingerprint density at radius 2 is 1.91 bits per heavy atom. The maximum absolute atomic E-state index is 12.1. The first-order valence-electron chi connectivity index (χ1n) is 7.59. The largest absolute Gasteiger partial charge is 0.461 e. The molecule has 0 aliphatic carbocycles. The van der Waals surface area contributed by atoms with E-state index < -0.39 is 29.8 Å². The Kier molecular flexibility index (Phi) is 10.5. The molecule has 0 aromatic heterocycles. The number of ether oxygens (including phenoxy) is 2. The molecule has 0 radical (unpaired) electrons. The second-order valence-corrected chi connectivity index (χ2v) is 5.31. The van der Waals surface area contributed by atoms with Crippen LogP contribution in [-0.4, -0.2) is 54.0 Å². The summed E-state index contributed by atoms with van der Waals surface area (Å²) in [6.45, 7) is 5.29. The van der Waals surface area contributed by atoms with Gasteiger partial charge in [0.05, 0.1) is 6.10 Å². The van der Waals surface area contributed by atoms with Gasteiger partial charge in [0, 0.05) is 13.5 Å². The van der Waals surface area contributed by atoms with Crippen molar-refractivity contribution >= 4 is 23.9 Å². The Hall–Kier alpha value is -2.05. The summed E-state index contributed by atoms with van der Waals surface area (Å²) in [4.78, 5) is 38.2. The second-order valence-electron chi connectivity index (χ2n) is 5.31. The Bertz CT molecular complexity index is 458. The number of rotatable bonds is 11. The zero-order chi connectivity index (χ0) is 17.8. The van der Waals surface area contributed by atoms with Crippen LogP contribution in [0.15, 0.2) is 0 Å². The van der Waals surface area contributed by atoms with Crippen molar-refractivity contribution in [2.45, 2.75) is 64.7 Å². The lowest BCUT2D eigenvalue weighted by Crippen LogP contribution is -2.47. The highest BCUT2D eigenvalue weighted by molar-refractivity contribution is 6.25. The van der Waals surface area contributed by atoms with Crippen LogP contribution >= 0.6 is 0 Å². The first kappa shape index (κ1) is 20.9. The Balaban J connectivity index is 4.89. The van der Waals surface area contributed by atoms with Crippen LogP contribution in [0.5, 0.6) is 0 Å². The van der Waals surface area contributed by atoms with Crippen molar-refractivity contribution in [1.29, 1.82) is 0 Å². The van der Waals surface area contributed by atoms with E-state index in [1.165, 1.54) is 7.11 Å². The van der Waals surface area contributed by atoms with E-state index in [2.05, 4.69) is 10.1 Å². The van der Waals surface area contributed by atoms with Crippen LogP contribution in [0, 0.1) is 0 Å². The van der Waals surface area contributed by atoms with Crippen LogP contribution < -0.4 is 5.32 Å². The topological polar surface area (TPSA) is 118 Å². The molecule has 0 heterocycles. The molecule has 0 aromatic carbocycles. The molecule has 0 bridgehead atoms. The number of esters is 1. The third-order valence-corrected chi connectivity index (χ3v) is 2.96. The van der Waals surface area contributed by atoms with Crippen molar-refractivity contribution < 1.29 is 28.6 Å². The lowest BCUT2D eigenvalue weighted by atomic mass is 10.1. The molecule has 1 amide bonds. The van der Waals surface area contributed by atoms with Gasteiger partial charge in [0.25, 0.3) is 0 Å². The number of hydrogen-bond acceptors (Lipinski definition) is 5. The number of nitrogens with zero attached hydrogens (tertiary/aromatic N) is 2. The maximum Gasteiger partial charge on any atom is 0.328 e. The normalized spacial score (nSPS) is 12.9. The van der Waals surface area contributed by atoms with Gasteiger partial charge in [-0.05, 0) is 26.7 Å². The van der Waals surface area contributed by atoms with E-state index in [-0.39, 0.29) is 18.9 Å². The summed E-state index contributed by atoms with van der Waals surface area (Å²) in [7, 11) is 1.42. The molecule has 2 atom stereocenters. The molecule has 1 N–H and O–H groups in total. The molecule has 0 spiro atoms. The Morgan fingerprint density at radius 1 is 1.26 bits per heavy atom. The minimum absolute atomic E-state index is 0.0463. The van der Waals surface area contributed by atoms with E-state index >= 15 is 0 Å². The quantitative estimate of drug-likeness (QED) is 0.262. The van der Waals surface area contributed by atoms with E-state index in [9.17, 15) is 14.4 Å². The van der Waals surface area contributed by atoms with Crippen LogP contribution in [0.3, 0.4) is 0 Å². The number of methoxy groups -OCH3 is 1. The molecule has 8 nitrogen and oxygen atoms in total. The van der Waals surface area contributed by atoms with Gasteiger partial charge in [-0.15, -0.1) is 0 Å². The number of hydrogen-bond donors (Lipinski definition) is 1. The molecule has 0 fully saturated rings. The molecule has 0 rings (SSSR count). The van der Waals surface area contributed by atoms with Crippen LogP contribution in [0.1, 0.15) is 46.5 Å². The molecule has 0 saturated carbocycles. The van der Waals surface area contributed by atoms with E-state index in [0.717, 1.165) is 12.6 Å². The van der Waals surface area contributed by atoms with Crippen LogP contribution in [0.4, 0.5) is 0 Å². The summed E-state index contributed by atoms with van der Waals surface area (Å²) in [5, 5.41) is 2.56. The number of ketones is 1. The first-order valence-corrected chi connectivity index (χ1v) is 7.59. The summed E-state index contributed by atoms with van der Waals surface area (Å²) < 4.78 is 10.2. The maximum atomic E-state index is 12.1. The average Bonchev–Trinajstić information content (AvgIpc) is 2.48. The highest BCUT2D eigenvalue weighted by Crippen LogP contribution is 2.06. The van der Waals surface area contributed by atoms with E-state index in [4.69, 9.17) is 15.0 Å². The lowest BCUT2D eigenvalue weighted by molar-refractivity contribution is -0.152. The number of carbonyl (C=O) groups is 3. The van der Waals surface area contributed by atoms with Gasteiger partial charge >= 0.3 is 12.2 Å². The fourth-order valence-electron chi connectivity index (χ4n) is 1.86. The van der Waals surface area contributed by atoms with Gasteiger partial charge in [-0.3, -0.25) is 9.59 Å². The number of Topliss-reactive ketones (excluding diaryl/α,β-unsaturated/α-hetero) is 1. The SMILES string of the molecule is CCC[C@H](OC)C(=O)N[C@@H](CCC(=O)C=[N+]=[N-])C(=O)OC(C)C. The predicted octanol–water partition coefficient (Wildman–Crippen LogP) is 0.888. The standard InChI is InChI=1S/C15H25N3O5/c1-5-6-13(22-4)14(20)18-12(15(21)23-10(2)3)8-7-11(19)9-17-16/h9-10,12-13H,5-8H2,1-4H3,(H,18,20)/t12-,13-/m0/s1. The lowest BCUT2D eigenvalue weighted by Gasteiger charge is -2.21. The second kappa shape index (κ2) is 11.5. The van der Waals surface area contributed by atoms with Crippen molar-refractivity contribution in [3.05, 3.63) is 5.53 Å². The summed E-state index contributed by atoms with van der Waals surface area (Å²) in [5.74, 6) is -1.50. The molecule has 130 valence electrons. The summed E-state index contributed by atoms with van der Waals surface area (Å²) in [5.41, 5.74) is 8.31. The Labute approximate surface area is 136 Å². The fraction of sp³-hybridized carbons (Fsp3) is 0.733. The van der Waals surface area contributed by atoms with Crippen molar-refractivity contribution in [1.82, 2.24) is 5.32 Å². The molecule has 0 aliphatic heterocycles. The number of amides is 1. The smallest absolute Gasteiger partial charge is 0.328 e. The minimum atomic E-state index is -0.963. The number of nitrogens with one attached hydrogen (secondary N) is 1. The van der Waals surface area contributed by atoms with Crippen LogP contribution in [0.2, 0.25) is 0 Å². The highest BCUT2D eigenvalue weighted by Gasteiger charge is 2.27. The van der Waals surface area contributed by atoms with Gasteiger partial charge in [0.2, 0.25) is 11.7 Å². The van der Waals surface area contributed by atoms with E-state index in [1.807, 2.05) is 6.92 Å². The van der Waals surface area contributed by atoms with Crippen LogP contribution in [0.25, 0.3) is 5.53 Å². The van der Waals surface area contributed by atoms with Crippen molar-refractivity contribution in [3.63, 3.8) is 0 Å². The molecular weight excluding hydrogens is 302 g/mol. The Morgan fingerprint density at radius 3 is 2.39 bits per heavy atom. The summed E-state index contributed by atoms with van der Waals surface area (Å²) >= 11 is 0. The van der Waals surface area contributed by atoms with Crippen LogP contribution in [-0.2, 0) is 23.9 Å². The highest BCUT2D eigenvalue weighted by atomic mass is 16.5. The van der Waals surface area contributed by atoms with Gasteiger partial charge in [0.15, 0.2) is 0 Å². The van der Waals surface area contributed by atoms with Crippen molar-refractivity contribution in [3.8, 4) is 0 Å². The summed E-state index contributed by atoms with van der Waals surface area (Å²) in [6.07, 6.45) is 0.998. The van der Waals surface area contributed by atoms with Gasteiger partial charge in [0.1, 0.15) is 12.1 Å². The molecule has 23 heavy (non-hydrogen) atoms. The zero-order valence-corrected chi connectivity index (χ0v) is 14.1. The zero-order valence-electron chi connectivity index (χ0n) is 14.1. The van der Waals surface area contributed by atoms with Gasteiger partial charge in [-0.1, -0.05) is 13.3 Å². The average molecular weight is 327 g/mol. The monoisotopic (exact) mass is 327 g/mol. The number of carbonyl (C=O) groups excluding carboxylic acids is 3. The molecular formula is C15H25N3O5. The molecule has 8 heteroatoms. The van der Waals surface area contributed by atoms with E-state index in [0.29, 0.717) is 6.42 Å². The molecule has 0 saturated heterocycles. The first-order chi connectivity index (χ1) is 10.8. The third-order valence-electron chi connectivity index (χ3n) is 2.96. The minimum Gasteiger partial charge on any atom is -0.461 e. The van der Waals surface area contributed by atoms with Gasteiger partial charge in [-0.2, -0.15) is 4.79 Å². The molecule has 0 aromatic rings. The summed E-state index contributed by atoms with van der Waals surface area (Å²) in [6, 6.07) is -0.963. The van der Waals surface area contributed by atoms with Crippen molar-refractivity contribution in [2.75, 3.05) is 7.11 Å². The molecule has 0 unspecified atom stereocenters. The van der Waals surface area contributed by atoms with E-state index in [1.54, 1.807) is 13.8 Å². The predicted molar refractivity (Wildman–Crippen MR) is 82.8 cm³/mol. The third kappa shape index (κ3) is 8.85. The van der Waals surface area contributed by atoms with Gasteiger partial charge in [-0.25, -0.2) is 4.79 Å². The fourth-order valence-corrected chi connectivity index (χ4v) is 1.86. The molecule has 0 aliphatic rings.